The quantitative estimate of drug-likeness (QED) is 0.313. The van der Waals surface area contributed by atoms with Gasteiger partial charge < -0.3 is 30.7 Å². The topological polar surface area (TPSA) is 132 Å². The van der Waals surface area contributed by atoms with Crippen LogP contribution >= 0.6 is 0 Å². The zero-order valence-corrected chi connectivity index (χ0v) is 22.1. The lowest BCUT2D eigenvalue weighted by Gasteiger charge is -2.20. The van der Waals surface area contributed by atoms with Crippen LogP contribution in [0.4, 0.5) is 23.0 Å². The number of anilines is 4. The Hall–Kier alpha value is -4.60. The number of nitrogens with zero attached hydrogens (tertiary/aromatic N) is 3. The van der Waals surface area contributed by atoms with Crippen LogP contribution in [-0.2, 0) is 4.79 Å². The summed E-state index contributed by atoms with van der Waals surface area (Å²) in [6.45, 7) is 5.48. The molecule has 2 aromatic carbocycles. The van der Waals surface area contributed by atoms with E-state index in [9.17, 15) is 9.59 Å². The first-order valence-corrected chi connectivity index (χ1v) is 13.1. The average Bonchev–Trinajstić information content (AvgIpc) is 3.44. The van der Waals surface area contributed by atoms with E-state index in [0.717, 1.165) is 24.9 Å². The second-order valence-electron chi connectivity index (χ2n) is 9.19. The Morgan fingerprint density at radius 1 is 1.00 bits per heavy atom. The van der Waals surface area contributed by atoms with E-state index in [4.69, 9.17) is 15.2 Å². The smallest absolute Gasteiger partial charge is 0.255 e. The van der Waals surface area contributed by atoms with Crippen molar-refractivity contribution in [1.82, 2.24) is 9.97 Å². The summed E-state index contributed by atoms with van der Waals surface area (Å²) >= 11 is 0. The summed E-state index contributed by atoms with van der Waals surface area (Å²) in [5.74, 6) is -0.176. The minimum Gasteiger partial charge on any atom is -0.494 e. The number of benzene rings is 2. The molecule has 2 aliphatic rings. The Kier molecular flexibility index (Phi) is 9.34. The molecule has 0 radical (unpaired) electrons. The number of ether oxygens (including phenoxy) is 2. The van der Waals surface area contributed by atoms with Crippen molar-refractivity contribution in [3.05, 3.63) is 66.9 Å². The van der Waals surface area contributed by atoms with E-state index < -0.39 is 11.8 Å². The maximum Gasteiger partial charge on any atom is 0.255 e. The molecule has 0 atom stereocenters. The Morgan fingerprint density at radius 3 is 2.36 bits per heavy atom. The zero-order chi connectivity index (χ0) is 27.6. The molecule has 0 spiro atoms. The molecule has 10 heteroatoms. The Bertz CT molecular complexity index is 1310. The summed E-state index contributed by atoms with van der Waals surface area (Å²) in [4.78, 5) is 34.6. The van der Waals surface area contributed by atoms with Gasteiger partial charge in [0.05, 0.1) is 18.5 Å². The largest absolute Gasteiger partial charge is 0.494 e. The van der Waals surface area contributed by atoms with Crippen molar-refractivity contribution in [3.63, 3.8) is 0 Å². The molecule has 1 saturated heterocycles. The van der Waals surface area contributed by atoms with Crippen LogP contribution in [0.1, 0.15) is 48.9 Å². The minimum absolute atomic E-state index is 0.0169. The van der Waals surface area contributed by atoms with Gasteiger partial charge in [0.1, 0.15) is 11.3 Å². The second-order valence-corrected chi connectivity index (χ2v) is 9.19. The van der Waals surface area contributed by atoms with E-state index in [-0.39, 0.29) is 23.1 Å². The van der Waals surface area contributed by atoms with Crippen LogP contribution in [0.3, 0.4) is 0 Å². The van der Waals surface area contributed by atoms with Crippen LogP contribution in [0.2, 0.25) is 0 Å². The molecule has 1 aliphatic heterocycles. The van der Waals surface area contributed by atoms with Gasteiger partial charge in [-0.1, -0.05) is 44.4 Å². The molecule has 204 valence electrons. The maximum atomic E-state index is 12.0. The lowest BCUT2D eigenvalue weighted by molar-refractivity contribution is -0.111. The van der Waals surface area contributed by atoms with Gasteiger partial charge in [-0.3, -0.25) is 9.59 Å². The second kappa shape index (κ2) is 13.3. The SMILES string of the molecule is C1CCC1.C=CC(=O)Nc1ccccc1Oc1nc(Nc2ccc(N3CCCC3)cc2OC)ncc1C(N)=O. The molecule has 0 bridgehead atoms. The first-order valence-electron chi connectivity index (χ1n) is 13.1. The van der Waals surface area contributed by atoms with Gasteiger partial charge in [0, 0.05) is 31.0 Å². The molecule has 10 nitrogen and oxygen atoms in total. The molecule has 4 N–H and O–H groups in total. The van der Waals surface area contributed by atoms with Crippen molar-refractivity contribution < 1.29 is 19.1 Å². The fraction of sp³-hybridized carbons (Fsp3) is 0.310. The number of methoxy groups -OCH3 is 1. The molecule has 5 rings (SSSR count). The number of hydrogen-bond acceptors (Lipinski definition) is 8. The Labute approximate surface area is 228 Å². The van der Waals surface area contributed by atoms with Crippen molar-refractivity contribution in [2.75, 3.05) is 35.7 Å². The van der Waals surface area contributed by atoms with E-state index >= 15 is 0 Å². The van der Waals surface area contributed by atoms with Crippen LogP contribution in [0.25, 0.3) is 0 Å². The third-order valence-corrected chi connectivity index (χ3v) is 6.46. The lowest BCUT2D eigenvalue weighted by Crippen LogP contribution is -2.17. The molecule has 3 aromatic rings. The number of amides is 2. The number of carbonyl (C=O) groups is 2. The van der Waals surface area contributed by atoms with Gasteiger partial charge >= 0.3 is 0 Å². The van der Waals surface area contributed by atoms with Crippen LogP contribution in [-0.4, -0.2) is 42.0 Å². The van der Waals surface area contributed by atoms with E-state index in [1.54, 1.807) is 31.4 Å². The number of hydrogen-bond donors (Lipinski definition) is 3. The van der Waals surface area contributed by atoms with Crippen molar-refractivity contribution in [2.45, 2.75) is 38.5 Å². The summed E-state index contributed by atoms with van der Waals surface area (Å²) in [6, 6.07) is 12.6. The fourth-order valence-electron chi connectivity index (χ4n) is 3.95. The van der Waals surface area contributed by atoms with Crippen molar-refractivity contribution in [3.8, 4) is 17.4 Å². The van der Waals surface area contributed by atoms with Crippen molar-refractivity contribution >= 4 is 34.8 Å². The van der Waals surface area contributed by atoms with Crippen molar-refractivity contribution in [1.29, 1.82) is 0 Å². The normalized spacial score (nSPS) is 13.8. The maximum absolute atomic E-state index is 12.0. The number of rotatable bonds is 9. The standard InChI is InChI=1S/C25H26N6O4.C4H8/c1-3-22(32)28-18-8-4-5-9-20(18)35-24-17(23(26)33)15-27-25(30-24)29-19-11-10-16(14-21(19)34-2)31-12-6-7-13-31;1-2-4-3-1/h3-5,8-11,14-15H,1,6-7,12-13H2,2H3,(H2,26,33)(H,28,32)(H,27,29,30);1-4H2. The Morgan fingerprint density at radius 2 is 1.72 bits per heavy atom. The first-order chi connectivity index (χ1) is 19.0. The highest BCUT2D eigenvalue weighted by molar-refractivity contribution is 6.00. The monoisotopic (exact) mass is 530 g/mol. The minimum atomic E-state index is -0.758. The van der Waals surface area contributed by atoms with Crippen LogP contribution in [0.15, 0.2) is 61.3 Å². The highest BCUT2D eigenvalue weighted by atomic mass is 16.5. The van der Waals surface area contributed by atoms with Gasteiger partial charge in [0.2, 0.25) is 17.7 Å². The number of para-hydroxylation sites is 2. The zero-order valence-electron chi connectivity index (χ0n) is 22.1. The summed E-state index contributed by atoms with van der Waals surface area (Å²) in [6.07, 6.45) is 10.8. The molecule has 1 saturated carbocycles. The molecular weight excluding hydrogens is 496 g/mol. The summed E-state index contributed by atoms with van der Waals surface area (Å²) in [7, 11) is 1.59. The van der Waals surface area contributed by atoms with Crippen LogP contribution < -0.4 is 30.7 Å². The summed E-state index contributed by atoms with van der Waals surface area (Å²) in [5.41, 5.74) is 7.59. The van der Waals surface area contributed by atoms with Gasteiger partial charge in [-0.15, -0.1) is 0 Å². The number of primary amides is 1. The summed E-state index contributed by atoms with van der Waals surface area (Å²) in [5, 5.41) is 5.76. The molecular formula is C29H34N6O4. The molecule has 0 unspecified atom stereocenters. The molecule has 1 aromatic heterocycles. The van der Waals surface area contributed by atoms with Gasteiger partial charge in [-0.2, -0.15) is 4.98 Å². The van der Waals surface area contributed by atoms with E-state index in [0.29, 0.717) is 17.1 Å². The van der Waals surface area contributed by atoms with Crippen LogP contribution in [0.5, 0.6) is 17.4 Å². The third-order valence-electron chi connectivity index (χ3n) is 6.46. The van der Waals surface area contributed by atoms with E-state index in [1.807, 2.05) is 18.2 Å². The van der Waals surface area contributed by atoms with E-state index in [2.05, 4.69) is 32.1 Å². The van der Waals surface area contributed by atoms with Crippen molar-refractivity contribution in [2.24, 2.45) is 5.73 Å². The highest BCUT2D eigenvalue weighted by Crippen LogP contribution is 2.34. The number of nitrogens with two attached hydrogens (primary N) is 1. The average molecular weight is 531 g/mol. The van der Waals surface area contributed by atoms with E-state index in [1.165, 1.54) is 44.7 Å². The molecule has 39 heavy (non-hydrogen) atoms. The predicted octanol–water partition coefficient (Wildman–Crippen LogP) is 5.41. The number of nitrogens with one attached hydrogen (secondary N) is 2. The van der Waals surface area contributed by atoms with Crippen LogP contribution in [0, 0.1) is 0 Å². The molecule has 2 amide bonds. The highest BCUT2D eigenvalue weighted by Gasteiger charge is 2.18. The number of aromatic nitrogens is 2. The molecule has 1 aliphatic carbocycles. The fourth-order valence-corrected chi connectivity index (χ4v) is 3.95. The van der Waals surface area contributed by atoms with Gasteiger partial charge in [-0.25, -0.2) is 4.98 Å². The molecule has 2 heterocycles. The lowest BCUT2D eigenvalue weighted by atomic mass is 10.0. The molecule has 2 fully saturated rings. The number of carbonyl (C=O) groups excluding carboxylic acids is 2. The summed E-state index contributed by atoms with van der Waals surface area (Å²) < 4.78 is 11.5. The van der Waals surface area contributed by atoms with Gasteiger partial charge in [0.15, 0.2) is 5.75 Å². The Balaban J connectivity index is 0.000000808. The predicted molar refractivity (Wildman–Crippen MR) is 152 cm³/mol. The van der Waals surface area contributed by atoms with Gasteiger partial charge in [0.25, 0.3) is 5.91 Å². The van der Waals surface area contributed by atoms with Gasteiger partial charge in [-0.05, 0) is 43.2 Å². The third kappa shape index (κ3) is 7.25. The first kappa shape index (κ1) is 27.4.